The van der Waals surface area contributed by atoms with Gasteiger partial charge in [-0.3, -0.25) is 9.59 Å². The number of nitrogens with one attached hydrogen (secondary N) is 3. The smallest absolute Gasteiger partial charge is 0.326 e. The van der Waals surface area contributed by atoms with Crippen LogP contribution in [0.2, 0.25) is 0 Å². The molecule has 0 fully saturated rings. The number of nitrogens with two attached hydrogens (primary N) is 1. The van der Waals surface area contributed by atoms with Crippen LogP contribution >= 0.6 is 0 Å². The Bertz CT molecular complexity index is 617. The highest BCUT2D eigenvalue weighted by molar-refractivity contribution is 5.91. The van der Waals surface area contributed by atoms with Gasteiger partial charge in [0.15, 0.2) is 0 Å². The zero-order valence-electron chi connectivity index (χ0n) is 16.4. The van der Waals surface area contributed by atoms with E-state index in [4.69, 9.17) is 5.73 Å². The van der Waals surface area contributed by atoms with Crippen LogP contribution in [0.15, 0.2) is 12.5 Å². The summed E-state index contributed by atoms with van der Waals surface area (Å²) in [6.07, 6.45) is 4.31. The van der Waals surface area contributed by atoms with E-state index in [1.54, 1.807) is 13.1 Å². The number of rotatable bonds is 11. The Morgan fingerprint density at radius 2 is 1.89 bits per heavy atom. The third-order valence-electron chi connectivity index (χ3n) is 4.45. The van der Waals surface area contributed by atoms with Gasteiger partial charge in [0.05, 0.1) is 12.4 Å². The Morgan fingerprint density at radius 1 is 1.22 bits per heavy atom. The molecule has 0 aliphatic heterocycles. The van der Waals surface area contributed by atoms with Crippen LogP contribution < -0.4 is 16.4 Å². The number of carboxylic acids is 1. The maximum atomic E-state index is 12.6. The number of hydrogen-bond acceptors (Lipinski definition) is 5. The highest BCUT2D eigenvalue weighted by Gasteiger charge is 2.30. The average molecular weight is 381 g/mol. The van der Waals surface area contributed by atoms with Crippen molar-refractivity contribution in [3.05, 3.63) is 18.2 Å². The molecule has 9 heteroatoms. The standard InChI is InChI=1S/C18H31N5O4/c1-5-11(4)15(18(26)27)23-17(25)14(6-10(2)3)22-16(24)13(19)7-12-8-20-9-21-12/h8-11,13-15H,5-7,19H2,1-4H3,(H,20,21)(H,22,24)(H,23,25)(H,26,27). The number of aromatic nitrogens is 2. The van der Waals surface area contributed by atoms with E-state index in [0.29, 0.717) is 18.5 Å². The molecule has 0 aliphatic carbocycles. The molecule has 0 saturated heterocycles. The molecule has 0 radical (unpaired) electrons. The van der Waals surface area contributed by atoms with Gasteiger partial charge in [-0.15, -0.1) is 0 Å². The zero-order chi connectivity index (χ0) is 20.6. The molecule has 1 heterocycles. The summed E-state index contributed by atoms with van der Waals surface area (Å²) in [5.74, 6) is -2.19. The maximum Gasteiger partial charge on any atom is 0.326 e. The lowest BCUT2D eigenvalue weighted by molar-refractivity contribution is -0.143. The minimum atomic E-state index is -1.09. The third kappa shape index (κ3) is 7.38. The highest BCUT2D eigenvalue weighted by Crippen LogP contribution is 2.11. The Balaban J connectivity index is 2.79. The van der Waals surface area contributed by atoms with Crippen LogP contribution in [0.5, 0.6) is 0 Å². The normalized spacial score (nSPS) is 15.6. The molecule has 0 spiro atoms. The lowest BCUT2D eigenvalue weighted by Gasteiger charge is -2.26. The second-order valence-electron chi connectivity index (χ2n) is 7.29. The van der Waals surface area contributed by atoms with Crippen molar-refractivity contribution in [3.63, 3.8) is 0 Å². The zero-order valence-corrected chi connectivity index (χ0v) is 16.4. The van der Waals surface area contributed by atoms with E-state index in [1.807, 2.05) is 20.8 Å². The van der Waals surface area contributed by atoms with Gasteiger partial charge < -0.3 is 26.5 Å². The summed E-state index contributed by atoms with van der Waals surface area (Å²) in [6, 6.07) is -2.71. The lowest BCUT2D eigenvalue weighted by atomic mass is 9.97. The van der Waals surface area contributed by atoms with Gasteiger partial charge in [0.2, 0.25) is 11.8 Å². The first kappa shape index (κ1) is 22.6. The van der Waals surface area contributed by atoms with Crippen molar-refractivity contribution in [3.8, 4) is 0 Å². The summed E-state index contributed by atoms with van der Waals surface area (Å²) in [5, 5.41) is 14.6. The Hall–Kier alpha value is -2.42. The minimum Gasteiger partial charge on any atom is -0.480 e. The summed E-state index contributed by atoms with van der Waals surface area (Å²) >= 11 is 0. The Labute approximate surface area is 159 Å². The first-order valence-electron chi connectivity index (χ1n) is 9.22. The molecule has 9 nitrogen and oxygen atoms in total. The van der Waals surface area contributed by atoms with Gasteiger partial charge in [0, 0.05) is 18.3 Å². The van der Waals surface area contributed by atoms with Crippen LogP contribution in [0.4, 0.5) is 0 Å². The molecule has 0 aromatic carbocycles. The van der Waals surface area contributed by atoms with Crippen LogP contribution in [0.1, 0.15) is 46.2 Å². The van der Waals surface area contributed by atoms with Crippen molar-refractivity contribution in [2.24, 2.45) is 17.6 Å². The molecule has 2 amide bonds. The largest absolute Gasteiger partial charge is 0.480 e. The van der Waals surface area contributed by atoms with Gasteiger partial charge in [-0.1, -0.05) is 34.1 Å². The number of nitrogens with zero attached hydrogens (tertiary/aromatic N) is 1. The minimum absolute atomic E-state index is 0.122. The first-order valence-corrected chi connectivity index (χ1v) is 9.22. The van der Waals surface area contributed by atoms with E-state index in [9.17, 15) is 19.5 Å². The van der Waals surface area contributed by atoms with Crippen LogP contribution in [0.25, 0.3) is 0 Å². The van der Waals surface area contributed by atoms with Crippen molar-refractivity contribution in [2.75, 3.05) is 0 Å². The molecular formula is C18H31N5O4. The van der Waals surface area contributed by atoms with Crippen LogP contribution in [-0.2, 0) is 20.8 Å². The maximum absolute atomic E-state index is 12.6. The van der Waals surface area contributed by atoms with E-state index in [-0.39, 0.29) is 18.3 Å². The van der Waals surface area contributed by atoms with E-state index < -0.39 is 35.9 Å². The molecule has 0 saturated carbocycles. The number of carbonyl (C=O) groups excluding carboxylic acids is 2. The Kier molecular flexibility index (Phi) is 8.93. The van der Waals surface area contributed by atoms with Crippen LogP contribution in [-0.4, -0.2) is 51.0 Å². The lowest BCUT2D eigenvalue weighted by Crippen LogP contribution is -2.56. The molecule has 1 aromatic heterocycles. The van der Waals surface area contributed by atoms with Gasteiger partial charge >= 0.3 is 5.97 Å². The summed E-state index contributed by atoms with van der Waals surface area (Å²) in [7, 11) is 0. The number of H-pyrrole nitrogens is 1. The van der Waals surface area contributed by atoms with Crippen molar-refractivity contribution in [1.29, 1.82) is 0 Å². The topological polar surface area (TPSA) is 150 Å². The molecule has 4 atom stereocenters. The fourth-order valence-electron chi connectivity index (χ4n) is 2.64. The molecule has 1 aromatic rings. The molecule has 0 aliphatic rings. The third-order valence-corrected chi connectivity index (χ3v) is 4.45. The van der Waals surface area contributed by atoms with E-state index in [2.05, 4.69) is 20.6 Å². The molecule has 152 valence electrons. The van der Waals surface area contributed by atoms with Gasteiger partial charge in [0.1, 0.15) is 12.1 Å². The quantitative estimate of drug-likeness (QED) is 0.375. The summed E-state index contributed by atoms with van der Waals surface area (Å²) in [5.41, 5.74) is 6.63. The van der Waals surface area contributed by atoms with Crippen molar-refractivity contribution >= 4 is 17.8 Å². The molecular weight excluding hydrogens is 350 g/mol. The predicted octanol–water partition coefficient (Wildman–Crippen LogP) is 0.426. The predicted molar refractivity (Wildman–Crippen MR) is 101 cm³/mol. The average Bonchev–Trinajstić information content (AvgIpc) is 3.10. The highest BCUT2D eigenvalue weighted by atomic mass is 16.4. The SMILES string of the molecule is CCC(C)C(NC(=O)C(CC(C)C)NC(=O)C(N)Cc1cnc[nH]1)C(=O)O. The van der Waals surface area contributed by atoms with Gasteiger partial charge in [-0.05, 0) is 18.3 Å². The summed E-state index contributed by atoms with van der Waals surface area (Å²) in [4.78, 5) is 43.3. The second kappa shape index (κ2) is 10.7. The molecule has 27 heavy (non-hydrogen) atoms. The Morgan fingerprint density at radius 3 is 2.37 bits per heavy atom. The van der Waals surface area contributed by atoms with Crippen molar-refractivity contribution < 1.29 is 19.5 Å². The van der Waals surface area contributed by atoms with Gasteiger partial charge in [0.25, 0.3) is 0 Å². The molecule has 6 N–H and O–H groups in total. The molecule has 4 unspecified atom stereocenters. The van der Waals surface area contributed by atoms with Crippen LogP contribution in [0.3, 0.4) is 0 Å². The summed E-state index contributed by atoms with van der Waals surface area (Å²) in [6.45, 7) is 7.45. The number of imidazole rings is 1. The number of aromatic amines is 1. The van der Waals surface area contributed by atoms with E-state index in [0.717, 1.165) is 0 Å². The van der Waals surface area contributed by atoms with Gasteiger partial charge in [-0.2, -0.15) is 0 Å². The van der Waals surface area contributed by atoms with Crippen LogP contribution in [0, 0.1) is 11.8 Å². The first-order chi connectivity index (χ1) is 12.6. The van der Waals surface area contributed by atoms with E-state index in [1.165, 1.54) is 6.33 Å². The number of hydrogen-bond donors (Lipinski definition) is 5. The van der Waals surface area contributed by atoms with Gasteiger partial charge in [-0.25, -0.2) is 9.78 Å². The van der Waals surface area contributed by atoms with E-state index >= 15 is 0 Å². The second-order valence-corrected chi connectivity index (χ2v) is 7.29. The molecule has 0 bridgehead atoms. The van der Waals surface area contributed by atoms with Crippen molar-refractivity contribution in [1.82, 2.24) is 20.6 Å². The van der Waals surface area contributed by atoms with Crippen molar-refractivity contribution in [2.45, 2.75) is 65.1 Å². The summed E-state index contributed by atoms with van der Waals surface area (Å²) < 4.78 is 0. The monoisotopic (exact) mass is 381 g/mol. The number of carbonyl (C=O) groups is 3. The number of aliphatic carboxylic acids is 1. The number of amides is 2. The number of carboxylic acid groups (broad SMARTS) is 1. The fourth-order valence-corrected chi connectivity index (χ4v) is 2.64. The fraction of sp³-hybridized carbons (Fsp3) is 0.667. The molecule has 1 rings (SSSR count).